The number of fused-ring (bicyclic) bond motifs is 1. The van der Waals surface area contributed by atoms with Gasteiger partial charge in [-0.05, 0) is 31.9 Å². The second kappa shape index (κ2) is 7.88. The maximum atomic E-state index is 6.28. The van der Waals surface area contributed by atoms with E-state index in [4.69, 9.17) is 10.8 Å². The molecule has 2 N–H and O–H groups in total. The molecule has 1 atom stereocenters. The number of nitrogens with zero attached hydrogens (tertiary/aromatic N) is 5. The van der Waals surface area contributed by atoms with E-state index in [0.717, 1.165) is 54.8 Å². The average Bonchev–Trinajstić information content (AvgIpc) is 3.16. The van der Waals surface area contributed by atoms with Crippen LogP contribution in [0.3, 0.4) is 0 Å². The summed E-state index contributed by atoms with van der Waals surface area (Å²) in [5.74, 6) is 0.485. The monoisotopic (exact) mass is 398 g/mol. The van der Waals surface area contributed by atoms with Crippen LogP contribution in [0.15, 0.2) is 60.9 Å². The van der Waals surface area contributed by atoms with Gasteiger partial charge in [0, 0.05) is 18.7 Å². The van der Waals surface area contributed by atoms with Crippen molar-refractivity contribution in [2.24, 2.45) is 0 Å². The lowest BCUT2D eigenvalue weighted by Crippen LogP contribution is -2.36. The number of hydrogen-bond acceptors (Lipinski definition) is 5. The number of rotatable bonds is 4. The van der Waals surface area contributed by atoms with Gasteiger partial charge < -0.3 is 5.73 Å². The largest absolute Gasteiger partial charge is 0.383 e. The van der Waals surface area contributed by atoms with Crippen LogP contribution in [0.4, 0.5) is 5.82 Å². The minimum absolute atomic E-state index is 0.262. The van der Waals surface area contributed by atoms with Crippen LogP contribution in [0.5, 0.6) is 0 Å². The maximum Gasteiger partial charge on any atom is 0.164 e. The molecule has 3 heterocycles. The molecule has 0 amide bonds. The molecule has 2 aromatic carbocycles. The molecule has 0 aliphatic carbocycles. The first kappa shape index (κ1) is 18.8. The first-order chi connectivity index (χ1) is 14.7. The maximum absolute atomic E-state index is 6.28. The van der Waals surface area contributed by atoms with Gasteiger partial charge in [-0.3, -0.25) is 4.90 Å². The van der Waals surface area contributed by atoms with Crippen molar-refractivity contribution in [2.75, 3.05) is 18.8 Å². The molecule has 6 heteroatoms. The van der Waals surface area contributed by atoms with Gasteiger partial charge in [0.05, 0.1) is 11.4 Å². The molecule has 1 aliphatic rings. The number of likely N-dealkylation sites (tertiary alicyclic amines) is 1. The zero-order valence-electron chi connectivity index (χ0n) is 17.2. The Bertz CT molecular complexity index is 1150. The van der Waals surface area contributed by atoms with Crippen LogP contribution in [-0.2, 0) is 6.54 Å². The summed E-state index contributed by atoms with van der Waals surface area (Å²) in [6.45, 7) is 5.09. The van der Waals surface area contributed by atoms with Crippen molar-refractivity contribution in [3.8, 4) is 11.3 Å². The fraction of sp³-hybridized carbons (Fsp3) is 0.292. The molecule has 2 aromatic heterocycles. The fourth-order valence-electron chi connectivity index (χ4n) is 4.38. The Morgan fingerprint density at radius 3 is 2.63 bits per heavy atom. The molecule has 0 saturated carbocycles. The van der Waals surface area contributed by atoms with Crippen LogP contribution < -0.4 is 5.73 Å². The zero-order chi connectivity index (χ0) is 20.5. The molecular weight excluding hydrogens is 372 g/mol. The van der Waals surface area contributed by atoms with Crippen molar-refractivity contribution in [1.29, 1.82) is 0 Å². The lowest BCUT2D eigenvalue weighted by atomic mass is 10.0. The topological polar surface area (TPSA) is 72.9 Å². The Morgan fingerprint density at radius 1 is 1.03 bits per heavy atom. The molecule has 4 aromatic rings. The van der Waals surface area contributed by atoms with E-state index < -0.39 is 0 Å². The molecule has 1 saturated heterocycles. The number of piperidine rings is 1. The molecule has 0 spiro atoms. The highest BCUT2D eigenvalue weighted by molar-refractivity contribution is 5.98. The standard InChI is InChI=1S/C24H26N6/c1-17-9-11-19(12-10-17)22-21-23(25)26-16-27-24(21)30(28-22)20-8-5-13-29(15-20)14-18-6-3-2-4-7-18/h2-4,6-7,9-12,16,20H,5,8,13-15H2,1H3,(H2,25,26,27). The third-order valence-electron chi connectivity index (χ3n) is 5.92. The average molecular weight is 399 g/mol. The van der Waals surface area contributed by atoms with E-state index in [0.29, 0.717) is 5.82 Å². The highest BCUT2D eigenvalue weighted by atomic mass is 15.3. The Labute approximate surface area is 176 Å². The van der Waals surface area contributed by atoms with E-state index in [1.54, 1.807) is 6.33 Å². The molecule has 0 bridgehead atoms. The van der Waals surface area contributed by atoms with E-state index in [9.17, 15) is 0 Å². The Morgan fingerprint density at radius 2 is 1.83 bits per heavy atom. The number of benzene rings is 2. The van der Waals surface area contributed by atoms with E-state index >= 15 is 0 Å². The first-order valence-electron chi connectivity index (χ1n) is 10.5. The highest BCUT2D eigenvalue weighted by Crippen LogP contribution is 2.34. The van der Waals surface area contributed by atoms with Gasteiger partial charge in [0.15, 0.2) is 5.65 Å². The first-order valence-corrected chi connectivity index (χ1v) is 10.5. The van der Waals surface area contributed by atoms with E-state index in [2.05, 4.69) is 81.1 Å². The quantitative estimate of drug-likeness (QED) is 0.557. The number of anilines is 1. The van der Waals surface area contributed by atoms with Crippen LogP contribution >= 0.6 is 0 Å². The predicted molar refractivity (Wildman–Crippen MR) is 120 cm³/mol. The summed E-state index contributed by atoms with van der Waals surface area (Å²) >= 11 is 0. The number of hydrogen-bond donors (Lipinski definition) is 1. The summed E-state index contributed by atoms with van der Waals surface area (Å²) in [4.78, 5) is 11.3. The summed E-state index contributed by atoms with van der Waals surface area (Å²) in [5.41, 5.74) is 11.6. The normalized spacial score (nSPS) is 17.4. The van der Waals surface area contributed by atoms with Crippen molar-refractivity contribution in [3.05, 3.63) is 72.1 Å². The van der Waals surface area contributed by atoms with Crippen LogP contribution in [0.2, 0.25) is 0 Å². The molecule has 152 valence electrons. The van der Waals surface area contributed by atoms with Crippen molar-refractivity contribution in [1.82, 2.24) is 24.6 Å². The number of nitrogens with two attached hydrogens (primary N) is 1. The SMILES string of the molecule is Cc1ccc(-c2nn(C3CCCN(Cc4ccccc4)C3)c3ncnc(N)c23)cc1. The minimum atomic E-state index is 0.262. The number of aromatic nitrogens is 4. The molecule has 1 aliphatic heterocycles. The summed E-state index contributed by atoms with van der Waals surface area (Å²) in [6, 6.07) is 19.3. The lowest BCUT2D eigenvalue weighted by Gasteiger charge is -2.33. The highest BCUT2D eigenvalue weighted by Gasteiger charge is 2.26. The molecule has 6 nitrogen and oxygen atoms in total. The minimum Gasteiger partial charge on any atom is -0.383 e. The van der Waals surface area contributed by atoms with Gasteiger partial charge in [0.25, 0.3) is 0 Å². The van der Waals surface area contributed by atoms with Crippen LogP contribution in [0, 0.1) is 6.92 Å². The van der Waals surface area contributed by atoms with Crippen molar-refractivity contribution in [2.45, 2.75) is 32.4 Å². The third-order valence-corrected chi connectivity index (χ3v) is 5.92. The predicted octanol–water partition coefficient (Wildman–Crippen LogP) is 4.22. The Kier molecular flexibility index (Phi) is 4.93. The summed E-state index contributed by atoms with van der Waals surface area (Å²) in [7, 11) is 0. The van der Waals surface area contributed by atoms with Crippen LogP contribution in [-0.4, -0.2) is 37.7 Å². The summed E-state index contributed by atoms with van der Waals surface area (Å²) in [5, 5.41) is 5.87. The second-order valence-electron chi connectivity index (χ2n) is 8.13. The van der Waals surface area contributed by atoms with Gasteiger partial charge in [-0.2, -0.15) is 5.10 Å². The van der Waals surface area contributed by atoms with E-state index in [1.165, 1.54) is 11.1 Å². The molecule has 30 heavy (non-hydrogen) atoms. The van der Waals surface area contributed by atoms with Gasteiger partial charge >= 0.3 is 0 Å². The van der Waals surface area contributed by atoms with Crippen molar-refractivity contribution >= 4 is 16.9 Å². The van der Waals surface area contributed by atoms with Gasteiger partial charge in [0.2, 0.25) is 0 Å². The van der Waals surface area contributed by atoms with Crippen molar-refractivity contribution in [3.63, 3.8) is 0 Å². The van der Waals surface area contributed by atoms with Crippen LogP contribution in [0.25, 0.3) is 22.3 Å². The number of nitrogen functional groups attached to an aromatic ring is 1. The fourth-order valence-corrected chi connectivity index (χ4v) is 4.38. The van der Waals surface area contributed by atoms with Gasteiger partial charge in [-0.25, -0.2) is 14.6 Å². The van der Waals surface area contributed by atoms with E-state index in [-0.39, 0.29) is 6.04 Å². The third kappa shape index (κ3) is 3.55. The second-order valence-corrected chi connectivity index (χ2v) is 8.13. The van der Waals surface area contributed by atoms with Gasteiger partial charge in [-0.15, -0.1) is 0 Å². The zero-order valence-corrected chi connectivity index (χ0v) is 17.2. The Balaban J connectivity index is 1.51. The van der Waals surface area contributed by atoms with E-state index in [1.807, 2.05) is 0 Å². The van der Waals surface area contributed by atoms with Gasteiger partial charge in [-0.1, -0.05) is 60.2 Å². The molecule has 0 radical (unpaired) electrons. The van der Waals surface area contributed by atoms with Gasteiger partial charge in [0.1, 0.15) is 17.8 Å². The summed E-state index contributed by atoms with van der Waals surface area (Å²) < 4.78 is 2.08. The molecular formula is C24H26N6. The lowest BCUT2D eigenvalue weighted by molar-refractivity contribution is 0.165. The summed E-state index contributed by atoms with van der Waals surface area (Å²) in [6.07, 6.45) is 3.76. The molecule has 1 unspecified atom stereocenters. The molecule has 5 rings (SSSR count). The Hall–Kier alpha value is -3.25. The smallest absolute Gasteiger partial charge is 0.164 e. The van der Waals surface area contributed by atoms with Crippen LogP contribution in [0.1, 0.15) is 30.0 Å². The molecule has 1 fully saturated rings. The number of aryl methyl sites for hydroxylation is 1. The van der Waals surface area contributed by atoms with Crippen molar-refractivity contribution < 1.29 is 0 Å².